The van der Waals surface area contributed by atoms with Crippen molar-refractivity contribution in [2.75, 3.05) is 10.6 Å². The summed E-state index contributed by atoms with van der Waals surface area (Å²) in [6.45, 7) is 0. The summed E-state index contributed by atoms with van der Waals surface area (Å²) in [7, 11) is 0. The fourth-order valence-corrected chi connectivity index (χ4v) is 3.75. The van der Waals surface area contributed by atoms with E-state index in [4.69, 9.17) is 44.3 Å². The quantitative estimate of drug-likeness (QED) is 0.193. The third-order valence-corrected chi connectivity index (χ3v) is 5.33. The van der Waals surface area contributed by atoms with E-state index in [2.05, 4.69) is 16.0 Å². The van der Waals surface area contributed by atoms with Gasteiger partial charge in [0.2, 0.25) is 5.91 Å². The number of rotatable bonds is 6. The molecule has 35 heavy (non-hydrogen) atoms. The number of amides is 2. The maximum absolute atomic E-state index is 12.3. The van der Waals surface area contributed by atoms with E-state index in [0.717, 1.165) is 0 Å². The van der Waals surface area contributed by atoms with Crippen LogP contribution in [-0.2, 0) is 4.79 Å². The zero-order chi connectivity index (χ0) is 24.8. The highest BCUT2D eigenvalue weighted by Gasteiger charge is 2.10. The molecular formula is C25H17Cl2N3O4S. The summed E-state index contributed by atoms with van der Waals surface area (Å²) in [5, 5.41) is 9.23. The van der Waals surface area contributed by atoms with Crippen LogP contribution in [0.5, 0.6) is 0 Å². The average molecular weight is 526 g/mol. The van der Waals surface area contributed by atoms with E-state index in [1.54, 1.807) is 66.7 Å². The third kappa shape index (κ3) is 6.60. The van der Waals surface area contributed by atoms with Gasteiger partial charge in [-0.15, -0.1) is 0 Å². The molecule has 0 saturated carbocycles. The highest BCUT2D eigenvalue weighted by Crippen LogP contribution is 2.31. The van der Waals surface area contributed by atoms with Gasteiger partial charge in [-0.1, -0.05) is 29.3 Å². The summed E-state index contributed by atoms with van der Waals surface area (Å²) in [6.07, 6.45) is 4.22. The first-order valence-electron chi connectivity index (χ1n) is 10.2. The summed E-state index contributed by atoms with van der Waals surface area (Å²) >= 11 is 17.3. The Hall–Kier alpha value is -3.85. The second-order valence-corrected chi connectivity index (χ2v) is 8.37. The lowest BCUT2D eigenvalue weighted by molar-refractivity contribution is -0.115. The summed E-state index contributed by atoms with van der Waals surface area (Å²) < 4.78 is 10.8. The van der Waals surface area contributed by atoms with Gasteiger partial charge >= 0.3 is 0 Å². The maximum atomic E-state index is 12.3. The van der Waals surface area contributed by atoms with Crippen LogP contribution >= 0.6 is 35.4 Å². The molecule has 0 aliphatic carbocycles. The number of furan rings is 2. The standard InChI is InChI=1S/C25H17Cl2N3O4S/c26-15-6-9-19(20(27)13-15)21-10-7-18(34-21)8-11-23(31)30-25(35)29-17-4-1-3-16(14-17)28-24(32)22-5-2-12-33-22/h1-14H,(H,28,32)(H2,29,30,31,35)/b11-8+. The topological polar surface area (TPSA) is 96.5 Å². The SMILES string of the molecule is O=C(/C=C/c1ccc(-c2ccc(Cl)cc2Cl)o1)NC(=S)Nc1cccc(NC(=O)c2ccco2)c1. The van der Waals surface area contributed by atoms with E-state index in [0.29, 0.717) is 38.5 Å². The predicted octanol–water partition coefficient (Wildman–Crippen LogP) is 6.63. The molecule has 4 rings (SSSR count). The molecule has 0 spiro atoms. The van der Waals surface area contributed by atoms with Crippen molar-refractivity contribution in [2.24, 2.45) is 0 Å². The Morgan fingerprint density at radius 3 is 2.46 bits per heavy atom. The Balaban J connectivity index is 1.32. The number of carbonyl (C=O) groups is 2. The molecule has 4 aromatic rings. The monoisotopic (exact) mass is 525 g/mol. The van der Waals surface area contributed by atoms with Gasteiger partial charge in [0, 0.05) is 28.0 Å². The Morgan fingerprint density at radius 2 is 1.71 bits per heavy atom. The van der Waals surface area contributed by atoms with Crippen molar-refractivity contribution in [1.29, 1.82) is 0 Å². The van der Waals surface area contributed by atoms with Crippen LogP contribution in [0.2, 0.25) is 10.0 Å². The van der Waals surface area contributed by atoms with Crippen LogP contribution in [0.3, 0.4) is 0 Å². The zero-order valence-corrected chi connectivity index (χ0v) is 20.2. The van der Waals surface area contributed by atoms with Crippen molar-refractivity contribution in [3.8, 4) is 11.3 Å². The van der Waals surface area contributed by atoms with Gasteiger partial charge in [-0.25, -0.2) is 0 Å². The van der Waals surface area contributed by atoms with Gasteiger partial charge < -0.3 is 19.5 Å². The van der Waals surface area contributed by atoms with Gasteiger partial charge in [0.15, 0.2) is 10.9 Å². The third-order valence-electron chi connectivity index (χ3n) is 4.58. The molecule has 0 aliphatic rings. The molecule has 7 nitrogen and oxygen atoms in total. The number of carbonyl (C=O) groups excluding carboxylic acids is 2. The summed E-state index contributed by atoms with van der Waals surface area (Å²) in [5.41, 5.74) is 1.79. The Kier molecular flexibility index (Phi) is 7.67. The normalized spacial score (nSPS) is 10.8. The lowest BCUT2D eigenvalue weighted by Gasteiger charge is -2.10. The molecule has 2 aromatic heterocycles. The van der Waals surface area contributed by atoms with E-state index in [-0.39, 0.29) is 16.8 Å². The first-order valence-corrected chi connectivity index (χ1v) is 11.3. The van der Waals surface area contributed by atoms with Crippen LogP contribution in [-0.4, -0.2) is 16.9 Å². The van der Waals surface area contributed by atoms with Crippen LogP contribution < -0.4 is 16.0 Å². The van der Waals surface area contributed by atoms with Crippen molar-refractivity contribution in [3.63, 3.8) is 0 Å². The molecule has 0 bridgehead atoms. The molecule has 176 valence electrons. The van der Waals surface area contributed by atoms with Crippen LogP contribution in [0, 0.1) is 0 Å². The highest BCUT2D eigenvalue weighted by molar-refractivity contribution is 7.80. The van der Waals surface area contributed by atoms with Crippen LogP contribution in [0.1, 0.15) is 16.3 Å². The molecule has 2 amide bonds. The van der Waals surface area contributed by atoms with E-state index in [1.165, 1.54) is 18.4 Å². The van der Waals surface area contributed by atoms with Crippen LogP contribution in [0.25, 0.3) is 17.4 Å². The van der Waals surface area contributed by atoms with Crippen molar-refractivity contribution in [2.45, 2.75) is 0 Å². The number of benzene rings is 2. The number of halogens is 2. The van der Waals surface area contributed by atoms with E-state index in [9.17, 15) is 9.59 Å². The number of nitrogens with one attached hydrogen (secondary N) is 3. The summed E-state index contributed by atoms with van der Waals surface area (Å²) in [4.78, 5) is 24.4. The molecule has 3 N–H and O–H groups in total. The lowest BCUT2D eigenvalue weighted by atomic mass is 10.2. The fraction of sp³-hybridized carbons (Fsp3) is 0. The van der Waals surface area contributed by atoms with E-state index in [1.807, 2.05) is 0 Å². The van der Waals surface area contributed by atoms with E-state index < -0.39 is 5.91 Å². The minimum Gasteiger partial charge on any atom is -0.459 e. The first kappa shape index (κ1) is 24.3. The van der Waals surface area contributed by atoms with Gasteiger partial charge in [-0.3, -0.25) is 14.9 Å². The van der Waals surface area contributed by atoms with Gasteiger partial charge in [-0.2, -0.15) is 0 Å². The minimum absolute atomic E-state index is 0.0854. The van der Waals surface area contributed by atoms with Gasteiger partial charge in [0.25, 0.3) is 5.91 Å². The van der Waals surface area contributed by atoms with Crippen molar-refractivity contribution < 1.29 is 18.4 Å². The van der Waals surface area contributed by atoms with Crippen molar-refractivity contribution in [1.82, 2.24) is 5.32 Å². The maximum Gasteiger partial charge on any atom is 0.291 e. The number of anilines is 2. The molecular weight excluding hydrogens is 509 g/mol. The minimum atomic E-state index is -0.452. The summed E-state index contributed by atoms with van der Waals surface area (Å²) in [6, 6.07) is 18.6. The average Bonchev–Trinajstić information content (AvgIpc) is 3.50. The molecule has 2 heterocycles. The molecule has 0 unspecified atom stereocenters. The highest BCUT2D eigenvalue weighted by atomic mass is 35.5. The van der Waals surface area contributed by atoms with Gasteiger partial charge in [0.05, 0.1) is 11.3 Å². The summed E-state index contributed by atoms with van der Waals surface area (Å²) in [5.74, 6) is 0.362. The van der Waals surface area contributed by atoms with Crippen molar-refractivity contribution >= 4 is 69.8 Å². The molecule has 10 heteroatoms. The van der Waals surface area contributed by atoms with E-state index >= 15 is 0 Å². The van der Waals surface area contributed by atoms with Gasteiger partial charge in [0.1, 0.15) is 11.5 Å². The number of hydrogen-bond acceptors (Lipinski definition) is 5. The zero-order valence-electron chi connectivity index (χ0n) is 17.9. The Bertz CT molecular complexity index is 1410. The molecule has 2 aromatic carbocycles. The Labute approximate surface area is 215 Å². The molecule has 0 atom stereocenters. The largest absolute Gasteiger partial charge is 0.459 e. The van der Waals surface area contributed by atoms with Gasteiger partial charge in [-0.05, 0) is 79.0 Å². The number of thiocarbonyl (C=S) groups is 1. The van der Waals surface area contributed by atoms with Crippen LogP contribution in [0.15, 0.2) is 87.9 Å². The second-order valence-electron chi connectivity index (χ2n) is 7.12. The van der Waals surface area contributed by atoms with Crippen LogP contribution in [0.4, 0.5) is 11.4 Å². The van der Waals surface area contributed by atoms with Crippen molar-refractivity contribution in [3.05, 3.63) is 101 Å². The lowest BCUT2D eigenvalue weighted by Crippen LogP contribution is -2.32. The molecule has 0 radical (unpaired) electrons. The first-order chi connectivity index (χ1) is 16.9. The molecule has 0 saturated heterocycles. The Morgan fingerprint density at radius 1 is 0.914 bits per heavy atom. The smallest absolute Gasteiger partial charge is 0.291 e. The number of hydrogen-bond donors (Lipinski definition) is 3. The second kappa shape index (κ2) is 11.1. The molecule has 0 fully saturated rings. The molecule has 0 aliphatic heterocycles. The fourth-order valence-electron chi connectivity index (χ4n) is 3.03. The predicted molar refractivity (Wildman–Crippen MR) is 141 cm³/mol.